The van der Waals surface area contributed by atoms with Gasteiger partial charge in [-0.2, -0.15) is 13.2 Å². The van der Waals surface area contributed by atoms with Crippen molar-refractivity contribution in [2.45, 2.75) is 37.3 Å². The van der Waals surface area contributed by atoms with E-state index in [1.165, 1.54) is 17.4 Å². The van der Waals surface area contributed by atoms with Crippen LogP contribution in [0.4, 0.5) is 30.7 Å². The SMILES string of the molecule is FC(F)(F)CC(F)(F)CC(F)(F)Cc1ccc(-c2cccs2)s1. The molecule has 0 atom stereocenters. The smallest absolute Gasteiger partial charge is 0.206 e. The zero-order valence-electron chi connectivity index (χ0n) is 11.5. The molecular weight excluding hydrogens is 365 g/mol. The zero-order valence-corrected chi connectivity index (χ0v) is 13.1. The van der Waals surface area contributed by atoms with E-state index in [2.05, 4.69) is 0 Å². The van der Waals surface area contributed by atoms with Gasteiger partial charge in [-0.1, -0.05) is 6.07 Å². The van der Waals surface area contributed by atoms with Crippen LogP contribution < -0.4 is 0 Å². The molecule has 0 unspecified atom stereocenters. The molecule has 2 aromatic rings. The number of hydrogen-bond acceptors (Lipinski definition) is 2. The summed E-state index contributed by atoms with van der Waals surface area (Å²) in [5.74, 6) is -8.40. The van der Waals surface area contributed by atoms with Crippen molar-refractivity contribution in [1.29, 1.82) is 0 Å². The van der Waals surface area contributed by atoms with Gasteiger partial charge in [0.2, 0.25) is 0 Å². The van der Waals surface area contributed by atoms with Gasteiger partial charge in [-0.15, -0.1) is 22.7 Å². The fraction of sp³-hybridized carbons (Fsp3) is 0.429. The monoisotopic (exact) mass is 376 g/mol. The van der Waals surface area contributed by atoms with Gasteiger partial charge in [-0.05, 0) is 23.6 Å². The maximum Gasteiger partial charge on any atom is 0.394 e. The van der Waals surface area contributed by atoms with Crippen LogP contribution in [0.25, 0.3) is 9.75 Å². The van der Waals surface area contributed by atoms with Gasteiger partial charge in [0.25, 0.3) is 11.8 Å². The highest BCUT2D eigenvalue weighted by atomic mass is 32.1. The molecule has 0 saturated carbocycles. The van der Waals surface area contributed by atoms with Crippen LogP contribution in [-0.2, 0) is 6.42 Å². The summed E-state index contributed by atoms with van der Waals surface area (Å²) in [5, 5.41) is 1.81. The fourth-order valence-electron chi connectivity index (χ4n) is 2.08. The van der Waals surface area contributed by atoms with Gasteiger partial charge in [0.1, 0.15) is 6.42 Å². The normalized spacial score (nSPS) is 13.5. The van der Waals surface area contributed by atoms with Gasteiger partial charge >= 0.3 is 6.18 Å². The van der Waals surface area contributed by atoms with Crippen LogP contribution in [0.3, 0.4) is 0 Å². The van der Waals surface area contributed by atoms with Crippen molar-refractivity contribution in [1.82, 2.24) is 0 Å². The van der Waals surface area contributed by atoms with Crippen LogP contribution in [0.2, 0.25) is 0 Å². The summed E-state index contributed by atoms with van der Waals surface area (Å²) in [6.45, 7) is 0. The second-order valence-corrected chi connectivity index (χ2v) is 7.22. The minimum absolute atomic E-state index is 0.154. The summed E-state index contributed by atoms with van der Waals surface area (Å²) in [5.41, 5.74) is 0. The van der Waals surface area contributed by atoms with Crippen molar-refractivity contribution < 1.29 is 30.7 Å². The molecule has 23 heavy (non-hydrogen) atoms. The van der Waals surface area contributed by atoms with E-state index in [9.17, 15) is 30.7 Å². The number of alkyl halides is 7. The maximum absolute atomic E-state index is 13.7. The third-order valence-corrected chi connectivity index (χ3v) is 4.99. The van der Waals surface area contributed by atoms with Crippen LogP contribution in [0.1, 0.15) is 17.7 Å². The van der Waals surface area contributed by atoms with Crippen LogP contribution in [-0.4, -0.2) is 18.0 Å². The summed E-state index contributed by atoms with van der Waals surface area (Å²) in [6.07, 6.45) is -10.8. The van der Waals surface area contributed by atoms with Crippen LogP contribution in [0.15, 0.2) is 29.6 Å². The van der Waals surface area contributed by atoms with E-state index in [-0.39, 0.29) is 4.88 Å². The predicted molar refractivity (Wildman–Crippen MR) is 76.5 cm³/mol. The van der Waals surface area contributed by atoms with Crippen molar-refractivity contribution in [3.8, 4) is 9.75 Å². The van der Waals surface area contributed by atoms with Gasteiger partial charge in [-0.3, -0.25) is 0 Å². The molecule has 9 heteroatoms. The standard InChI is InChI=1S/C14H11F7S2/c15-12(16,7-13(17,18)8-14(19,20)21)6-9-3-4-11(23-9)10-2-1-5-22-10/h1-5H,6-8H2. The second kappa shape index (κ2) is 6.43. The lowest BCUT2D eigenvalue weighted by atomic mass is 10.0. The summed E-state index contributed by atoms with van der Waals surface area (Å²) in [6, 6.07) is 6.55. The quantitative estimate of drug-likeness (QED) is 0.496. The zero-order chi connectivity index (χ0) is 17.3. The molecule has 0 bridgehead atoms. The molecule has 128 valence electrons. The molecule has 0 aliphatic rings. The summed E-state index contributed by atoms with van der Waals surface area (Å²) >= 11 is 2.42. The molecule has 0 N–H and O–H groups in total. The Hall–Kier alpha value is -1.09. The van der Waals surface area contributed by atoms with Crippen LogP contribution >= 0.6 is 22.7 Å². The molecule has 0 nitrogen and oxygen atoms in total. The molecule has 0 amide bonds. The summed E-state index contributed by atoms with van der Waals surface area (Å²) in [4.78, 5) is 1.72. The Morgan fingerprint density at radius 3 is 2.04 bits per heavy atom. The lowest BCUT2D eigenvalue weighted by Gasteiger charge is -2.23. The number of halogens is 7. The molecule has 2 heterocycles. The fourth-order valence-corrected chi connectivity index (χ4v) is 4.00. The average Bonchev–Trinajstić information content (AvgIpc) is 2.91. The third-order valence-electron chi connectivity index (χ3n) is 2.83. The molecule has 0 spiro atoms. The van der Waals surface area contributed by atoms with Gasteiger partial charge in [-0.25, -0.2) is 17.6 Å². The summed E-state index contributed by atoms with van der Waals surface area (Å²) in [7, 11) is 0. The highest BCUT2D eigenvalue weighted by Crippen LogP contribution is 2.41. The lowest BCUT2D eigenvalue weighted by molar-refractivity contribution is -0.205. The molecule has 0 radical (unpaired) electrons. The molecule has 2 rings (SSSR count). The van der Waals surface area contributed by atoms with Crippen molar-refractivity contribution >= 4 is 22.7 Å². The van der Waals surface area contributed by atoms with Crippen molar-refractivity contribution in [2.24, 2.45) is 0 Å². The van der Waals surface area contributed by atoms with Gasteiger partial charge in [0.15, 0.2) is 0 Å². The molecule has 0 fully saturated rings. The first-order valence-electron chi connectivity index (χ1n) is 6.41. The molecule has 0 aliphatic heterocycles. The van der Waals surface area contributed by atoms with E-state index in [1.807, 2.05) is 0 Å². The van der Waals surface area contributed by atoms with E-state index in [0.29, 0.717) is 4.88 Å². The molecular formula is C14H11F7S2. The second-order valence-electron chi connectivity index (χ2n) is 5.10. The Morgan fingerprint density at radius 1 is 0.783 bits per heavy atom. The lowest BCUT2D eigenvalue weighted by Crippen LogP contribution is -2.34. The first-order chi connectivity index (χ1) is 10.5. The van der Waals surface area contributed by atoms with Crippen molar-refractivity contribution in [3.05, 3.63) is 34.5 Å². The van der Waals surface area contributed by atoms with Gasteiger partial charge in [0.05, 0.1) is 6.42 Å². The van der Waals surface area contributed by atoms with Gasteiger partial charge < -0.3 is 0 Å². The molecule has 0 aromatic carbocycles. The average molecular weight is 376 g/mol. The Morgan fingerprint density at radius 2 is 1.48 bits per heavy atom. The Balaban J connectivity index is 2.03. The molecule has 2 aromatic heterocycles. The number of rotatable bonds is 6. The topological polar surface area (TPSA) is 0 Å². The van der Waals surface area contributed by atoms with E-state index >= 15 is 0 Å². The van der Waals surface area contributed by atoms with Crippen LogP contribution in [0.5, 0.6) is 0 Å². The Bertz CT molecular complexity index is 626. The highest BCUT2D eigenvalue weighted by Gasteiger charge is 2.49. The summed E-state index contributed by atoms with van der Waals surface area (Å²) < 4.78 is 89.7. The first kappa shape index (κ1) is 18.3. The highest BCUT2D eigenvalue weighted by molar-refractivity contribution is 7.21. The molecule has 0 saturated heterocycles. The van der Waals surface area contributed by atoms with E-state index in [4.69, 9.17) is 0 Å². The van der Waals surface area contributed by atoms with E-state index in [1.54, 1.807) is 23.6 Å². The number of hydrogen-bond donors (Lipinski definition) is 0. The minimum atomic E-state index is -5.19. The van der Waals surface area contributed by atoms with Crippen molar-refractivity contribution in [3.63, 3.8) is 0 Å². The molecule has 0 aliphatic carbocycles. The Labute approximate surface area is 135 Å². The third kappa shape index (κ3) is 5.80. The van der Waals surface area contributed by atoms with E-state index in [0.717, 1.165) is 16.2 Å². The predicted octanol–water partition coefficient (Wildman–Crippen LogP) is 6.63. The number of thiophene rings is 2. The Kier molecular flexibility index (Phi) is 5.10. The van der Waals surface area contributed by atoms with Gasteiger partial charge in [0, 0.05) is 21.1 Å². The van der Waals surface area contributed by atoms with E-state index < -0.39 is 37.3 Å². The van der Waals surface area contributed by atoms with Crippen LogP contribution in [0, 0.1) is 0 Å². The minimum Gasteiger partial charge on any atom is -0.206 e. The first-order valence-corrected chi connectivity index (χ1v) is 8.10. The maximum atomic E-state index is 13.7. The van der Waals surface area contributed by atoms with Crippen molar-refractivity contribution in [2.75, 3.05) is 0 Å². The largest absolute Gasteiger partial charge is 0.394 e.